The molecule has 17 heavy (non-hydrogen) atoms. The van der Waals surface area contributed by atoms with Gasteiger partial charge in [-0.1, -0.05) is 11.3 Å². The molecule has 1 aromatic heterocycles. The van der Waals surface area contributed by atoms with Crippen LogP contribution in [0.5, 0.6) is 0 Å². The molecule has 0 fully saturated rings. The third-order valence-corrected chi connectivity index (χ3v) is 2.76. The van der Waals surface area contributed by atoms with E-state index in [4.69, 9.17) is 5.26 Å². The summed E-state index contributed by atoms with van der Waals surface area (Å²) < 4.78 is 37.6. The summed E-state index contributed by atoms with van der Waals surface area (Å²) in [5, 5.41) is 10.1. The first kappa shape index (κ1) is 13.7. The zero-order valence-electron chi connectivity index (χ0n) is 9.46. The fourth-order valence-electron chi connectivity index (χ4n) is 1.16. The minimum absolute atomic E-state index is 0.0590. The van der Waals surface area contributed by atoms with Gasteiger partial charge < -0.3 is 0 Å². The molecule has 1 aromatic rings. The van der Waals surface area contributed by atoms with Gasteiger partial charge in [-0.2, -0.15) is 18.4 Å². The van der Waals surface area contributed by atoms with Crippen molar-refractivity contribution in [2.45, 2.75) is 26.1 Å². The molecule has 8 heteroatoms. The van der Waals surface area contributed by atoms with Crippen molar-refractivity contribution in [2.24, 2.45) is 0 Å². The van der Waals surface area contributed by atoms with E-state index in [1.807, 2.05) is 13.8 Å². The molecule has 0 amide bonds. The van der Waals surface area contributed by atoms with Crippen LogP contribution in [0.4, 0.5) is 18.3 Å². The lowest BCUT2D eigenvalue weighted by atomic mass is 10.4. The van der Waals surface area contributed by atoms with Gasteiger partial charge in [-0.05, 0) is 13.8 Å². The summed E-state index contributed by atoms with van der Waals surface area (Å²) in [7, 11) is 1.56. The molecule has 0 atom stereocenters. The third kappa shape index (κ3) is 3.31. The minimum atomic E-state index is -4.60. The quantitative estimate of drug-likeness (QED) is 0.852. The molecule has 0 unspecified atom stereocenters. The molecule has 0 aliphatic heterocycles. The van der Waals surface area contributed by atoms with E-state index in [0.717, 1.165) is 0 Å². The van der Waals surface area contributed by atoms with E-state index in [-0.39, 0.29) is 11.2 Å². The fourth-order valence-corrected chi connectivity index (χ4v) is 1.98. The number of hydrogen-bond acceptors (Lipinski definition) is 5. The Morgan fingerprint density at radius 1 is 1.47 bits per heavy atom. The third-order valence-electron chi connectivity index (χ3n) is 1.72. The minimum Gasteiger partial charge on any atom is -0.286 e. The van der Waals surface area contributed by atoms with Crippen LogP contribution >= 0.6 is 11.3 Å². The highest BCUT2D eigenvalue weighted by Crippen LogP contribution is 2.36. The molecule has 0 spiro atoms. The monoisotopic (exact) mass is 264 g/mol. The number of nitriles is 1. The van der Waals surface area contributed by atoms with E-state index in [0.29, 0.717) is 11.3 Å². The second kappa shape index (κ2) is 4.89. The molecule has 1 rings (SSSR count). The number of halogens is 3. The van der Waals surface area contributed by atoms with Gasteiger partial charge >= 0.3 is 6.18 Å². The Morgan fingerprint density at radius 3 is 2.41 bits per heavy atom. The molecular weight excluding hydrogens is 253 g/mol. The highest BCUT2D eigenvalue weighted by atomic mass is 32.1. The molecule has 94 valence electrons. The van der Waals surface area contributed by atoms with Crippen LogP contribution in [-0.2, 0) is 6.18 Å². The molecule has 0 aromatic carbocycles. The van der Waals surface area contributed by atoms with Crippen molar-refractivity contribution in [3.05, 3.63) is 10.6 Å². The number of hydrazine groups is 1. The Bertz CT molecular complexity index is 432. The summed E-state index contributed by atoms with van der Waals surface area (Å²) in [4.78, 5) is 3.01. The van der Waals surface area contributed by atoms with Gasteiger partial charge in [-0.3, -0.25) is 5.01 Å². The van der Waals surface area contributed by atoms with Crippen LogP contribution in [0, 0.1) is 11.3 Å². The Morgan fingerprint density at radius 2 is 2.06 bits per heavy atom. The Hall–Kier alpha value is -1.33. The average Bonchev–Trinajstić information content (AvgIpc) is 2.59. The van der Waals surface area contributed by atoms with Gasteiger partial charge in [-0.25, -0.2) is 10.4 Å². The number of thiazole rings is 1. The predicted molar refractivity (Wildman–Crippen MR) is 58.5 cm³/mol. The van der Waals surface area contributed by atoms with Crippen molar-refractivity contribution in [1.82, 2.24) is 10.4 Å². The number of aromatic nitrogens is 1. The number of hydrogen-bond donors (Lipinski definition) is 1. The Kier molecular flexibility index (Phi) is 3.95. The van der Waals surface area contributed by atoms with Crippen molar-refractivity contribution in [1.29, 1.82) is 5.26 Å². The molecule has 0 radical (unpaired) electrons. The number of nitrogens with zero attached hydrogens (tertiary/aromatic N) is 3. The van der Waals surface area contributed by atoms with Crippen molar-refractivity contribution in [3.8, 4) is 6.07 Å². The summed E-state index contributed by atoms with van der Waals surface area (Å²) in [5.41, 5.74) is 1.75. The maximum absolute atomic E-state index is 12.5. The zero-order chi connectivity index (χ0) is 13.2. The van der Waals surface area contributed by atoms with Crippen LogP contribution in [-0.4, -0.2) is 18.1 Å². The van der Waals surface area contributed by atoms with Gasteiger partial charge in [0.25, 0.3) is 0 Å². The maximum atomic E-state index is 12.5. The molecule has 4 nitrogen and oxygen atoms in total. The number of nitrogens with one attached hydrogen (secondary N) is 1. The predicted octanol–water partition coefficient (Wildman–Crippen LogP) is 2.38. The van der Waals surface area contributed by atoms with E-state index in [2.05, 4.69) is 10.4 Å². The molecule has 0 saturated carbocycles. The molecule has 0 aliphatic rings. The van der Waals surface area contributed by atoms with E-state index < -0.39 is 16.7 Å². The first-order chi connectivity index (χ1) is 7.75. The van der Waals surface area contributed by atoms with Crippen LogP contribution in [0.1, 0.15) is 24.4 Å². The average molecular weight is 264 g/mol. The zero-order valence-corrected chi connectivity index (χ0v) is 10.3. The van der Waals surface area contributed by atoms with Gasteiger partial charge in [-0.15, -0.1) is 0 Å². The van der Waals surface area contributed by atoms with Crippen LogP contribution in [0.15, 0.2) is 0 Å². The SMILES string of the molecule is CC(C)NN(C)c1nc(C(F)(F)F)c(C#N)s1. The standard InChI is InChI=1S/C9H11F3N4S/c1-5(2)15-16(3)8-14-7(9(10,11)12)6(4-13)17-8/h5,15H,1-3H3. The van der Waals surface area contributed by atoms with Gasteiger partial charge in [0.15, 0.2) is 5.69 Å². The summed E-state index contributed by atoms with van der Waals surface area (Å²) in [5.74, 6) is 0. The lowest BCUT2D eigenvalue weighted by Crippen LogP contribution is -2.39. The number of rotatable bonds is 3. The molecule has 0 bridgehead atoms. The molecule has 0 saturated heterocycles. The lowest BCUT2D eigenvalue weighted by molar-refractivity contribution is -0.140. The van der Waals surface area contributed by atoms with Crippen molar-refractivity contribution in [2.75, 3.05) is 12.1 Å². The fraction of sp³-hybridized carbons (Fsp3) is 0.556. The second-order valence-electron chi connectivity index (χ2n) is 3.63. The molecular formula is C9H11F3N4S. The second-order valence-corrected chi connectivity index (χ2v) is 4.60. The van der Waals surface area contributed by atoms with E-state index in [9.17, 15) is 13.2 Å². The van der Waals surface area contributed by atoms with Crippen LogP contribution < -0.4 is 10.4 Å². The highest BCUT2D eigenvalue weighted by Gasteiger charge is 2.38. The number of anilines is 1. The number of alkyl halides is 3. The van der Waals surface area contributed by atoms with Crippen LogP contribution in [0.2, 0.25) is 0 Å². The first-order valence-corrected chi connectivity index (χ1v) is 5.55. The van der Waals surface area contributed by atoms with E-state index >= 15 is 0 Å². The first-order valence-electron chi connectivity index (χ1n) is 4.73. The highest BCUT2D eigenvalue weighted by molar-refractivity contribution is 7.16. The largest absolute Gasteiger partial charge is 0.435 e. The van der Waals surface area contributed by atoms with Crippen LogP contribution in [0.25, 0.3) is 0 Å². The van der Waals surface area contributed by atoms with Gasteiger partial charge in [0.05, 0.1) is 0 Å². The van der Waals surface area contributed by atoms with Crippen molar-refractivity contribution >= 4 is 16.5 Å². The maximum Gasteiger partial charge on any atom is 0.435 e. The topological polar surface area (TPSA) is 52.0 Å². The molecule has 1 heterocycles. The summed E-state index contributed by atoms with van der Waals surface area (Å²) in [6.07, 6.45) is -4.60. The smallest absolute Gasteiger partial charge is 0.286 e. The lowest BCUT2D eigenvalue weighted by Gasteiger charge is -2.19. The molecule has 1 N–H and O–H groups in total. The van der Waals surface area contributed by atoms with Gasteiger partial charge in [0.1, 0.15) is 10.9 Å². The summed E-state index contributed by atoms with van der Waals surface area (Å²) in [6, 6.07) is 1.57. The Balaban J connectivity index is 3.06. The van der Waals surface area contributed by atoms with Crippen molar-refractivity contribution in [3.63, 3.8) is 0 Å². The van der Waals surface area contributed by atoms with Crippen LogP contribution in [0.3, 0.4) is 0 Å². The van der Waals surface area contributed by atoms with Crippen molar-refractivity contribution < 1.29 is 13.2 Å². The van der Waals surface area contributed by atoms with Gasteiger partial charge in [0.2, 0.25) is 5.13 Å². The van der Waals surface area contributed by atoms with E-state index in [1.54, 1.807) is 7.05 Å². The van der Waals surface area contributed by atoms with Gasteiger partial charge in [0, 0.05) is 13.1 Å². The Labute approximate surface area is 101 Å². The molecule has 0 aliphatic carbocycles. The summed E-state index contributed by atoms with van der Waals surface area (Å²) in [6.45, 7) is 3.69. The normalized spacial score (nSPS) is 11.6. The van der Waals surface area contributed by atoms with E-state index in [1.165, 1.54) is 11.1 Å². The summed E-state index contributed by atoms with van der Waals surface area (Å²) >= 11 is 0.708.